The molecule has 0 radical (unpaired) electrons. The van der Waals surface area contributed by atoms with Crippen molar-refractivity contribution in [3.63, 3.8) is 0 Å². The Bertz CT molecular complexity index is 358. The van der Waals surface area contributed by atoms with Crippen LogP contribution < -0.4 is 5.32 Å². The van der Waals surface area contributed by atoms with Gasteiger partial charge in [-0.15, -0.1) is 0 Å². The van der Waals surface area contributed by atoms with Crippen LogP contribution in [0.2, 0.25) is 0 Å². The van der Waals surface area contributed by atoms with Gasteiger partial charge in [-0.2, -0.15) is 0 Å². The Labute approximate surface area is 106 Å². The first-order chi connectivity index (χ1) is 8.20. The zero-order valence-electron chi connectivity index (χ0n) is 11.4. The summed E-state index contributed by atoms with van der Waals surface area (Å²) in [4.78, 5) is 0. The van der Waals surface area contributed by atoms with E-state index >= 15 is 0 Å². The topological polar surface area (TPSA) is 12.0 Å². The molecule has 3 atom stereocenters. The minimum atomic E-state index is 0.483. The van der Waals surface area contributed by atoms with Crippen molar-refractivity contribution >= 4 is 0 Å². The molecule has 1 aliphatic carbocycles. The molecular formula is C16H25N. The summed E-state index contributed by atoms with van der Waals surface area (Å²) in [5.41, 5.74) is 2.85. The summed E-state index contributed by atoms with van der Waals surface area (Å²) < 4.78 is 0. The summed E-state index contributed by atoms with van der Waals surface area (Å²) >= 11 is 0. The van der Waals surface area contributed by atoms with Crippen LogP contribution in [0.3, 0.4) is 0 Å². The smallest absolute Gasteiger partial charge is 0.0296 e. The maximum Gasteiger partial charge on any atom is 0.0296 e. The van der Waals surface area contributed by atoms with Crippen LogP contribution in [0.25, 0.3) is 0 Å². The monoisotopic (exact) mass is 231 g/mol. The van der Waals surface area contributed by atoms with Crippen LogP contribution in [0.1, 0.15) is 56.7 Å². The highest BCUT2D eigenvalue weighted by molar-refractivity contribution is 5.28. The molecule has 0 spiro atoms. The van der Waals surface area contributed by atoms with Gasteiger partial charge in [-0.05, 0) is 50.2 Å². The molecule has 3 unspecified atom stereocenters. The van der Waals surface area contributed by atoms with E-state index in [0.717, 1.165) is 12.0 Å². The van der Waals surface area contributed by atoms with Crippen LogP contribution in [0, 0.1) is 12.8 Å². The highest BCUT2D eigenvalue weighted by Crippen LogP contribution is 2.29. The molecule has 1 aromatic carbocycles. The molecule has 0 aliphatic heterocycles. The summed E-state index contributed by atoms with van der Waals surface area (Å²) in [7, 11) is 0. The van der Waals surface area contributed by atoms with E-state index < -0.39 is 0 Å². The van der Waals surface area contributed by atoms with E-state index in [2.05, 4.69) is 50.4 Å². The molecule has 0 aromatic heterocycles. The van der Waals surface area contributed by atoms with Crippen LogP contribution in [-0.2, 0) is 0 Å². The molecule has 1 heteroatoms. The predicted molar refractivity (Wildman–Crippen MR) is 74.1 cm³/mol. The van der Waals surface area contributed by atoms with Crippen molar-refractivity contribution in [1.29, 1.82) is 0 Å². The van der Waals surface area contributed by atoms with E-state index in [0.29, 0.717) is 6.04 Å². The highest BCUT2D eigenvalue weighted by atomic mass is 14.9. The predicted octanol–water partition coefficient (Wildman–Crippen LogP) is 4.22. The Morgan fingerprint density at radius 3 is 2.71 bits per heavy atom. The lowest BCUT2D eigenvalue weighted by Gasteiger charge is -2.21. The lowest BCUT2D eigenvalue weighted by molar-refractivity contribution is 0.437. The van der Waals surface area contributed by atoms with Gasteiger partial charge in [0.1, 0.15) is 0 Å². The summed E-state index contributed by atoms with van der Waals surface area (Å²) in [6.45, 7) is 6.82. The fourth-order valence-corrected chi connectivity index (χ4v) is 3.11. The zero-order valence-corrected chi connectivity index (χ0v) is 11.4. The molecular weight excluding hydrogens is 206 g/mol. The molecule has 0 amide bonds. The Balaban J connectivity index is 1.94. The summed E-state index contributed by atoms with van der Waals surface area (Å²) in [6.07, 6.45) is 5.48. The van der Waals surface area contributed by atoms with E-state index in [1.807, 2.05) is 0 Å². The molecule has 17 heavy (non-hydrogen) atoms. The molecule has 1 nitrogen and oxygen atoms in total. The average molecular weight is 231 g/mol. The fourth-order valence-electron chi connectivity index (χ4n) is 3.11. The Morgan fingerprint density at radius 2 is 2.06 bits per heavy atom. The van der Waals surface area contributed by atoms with E-state index in [4.69, 9.17) is 0 Å². The van der Waals surface area contributed by atoms with Gasteiger partial charge in [0.05, 0.1) is 0 Å². The third-order valence-corrected chi connectivity index (χ3v) is 4.26. The summed E-state index contributed by atoms with van der Waals surface area (Å²) in [5.74, 6) is 0.955. The number of hydrogen-bond donors (Lipinski definition) is 1. The van der Waals surface area contributed by atoms with Crippen LogP contribution in [0.4, 0.5) is 0 Å². The van der Waals surface area contributed by atoms with Gasteiger partial charge < -0.3 is 5.32 Å². The number of hydrogen-bond acceptors (Lipinski definition) is 1. The van der Waals surface area contributed by atoms with Gasteiger partial charge in [0, 0.05) is 12.1 Å². The lowest BCUT2D eigenvalue weighted by atomic mass is 10.0. The second-order valence-electron chi connectivity index (χ2n) is 5.53. The molecule has 0 bridgehead atoms. The lowest BCUT2D eigenvalue weighted by Crippen LogP contribution is -2.29. The Hall–Kier alpha value is -0.820. The number of rotatable bonds is 4. The van der Waals surface area contributed by atoms with Gasteiger partial charge in [0.2, 0.25) is 0 Å². The molecule has 1 fully saturated rings. The minimum Gasteiger partial charge on any atom is -0.307 e. The number of aryl methyl sites for hydroxylation is 1. The van der Waals surface area contributed by atoms with E-state index in [1.54, 1.807) is 0 Å². The highest BCUT2D eigenvalue weighted by Gasteiger charge is 2.24. The molecule has 1 N–H and O–H groups in total. The van der Waals surface area contributed by atoms with Crippen molar-refractivity contribution in [2.24, 2.45) is 5.92 Å². The third kappa shape index (κ3) is 3.10. The van der Waals surface area contributed by atoms with Gasteiger partial charge in [-0.1, -0.05) is 37.6 Å². The molecule has 94 valence electrons. The Morgan fingerprint density at radius 1 is 1.29 bits per heavy atom. The van der Waals surface area contributed by atoms with Crippen molar-refractivity contribution in [2.75, 3.05) is 0 Å². The Kier molecular flexibility index (Phi) is 4.22. The quantitative estimate of drug-likeness (QED) is 0.818. The van der Waals surface area contributed by atoms with Crippen LogP contribution >= 0.6 is 0 Å². The molecule has 1 aliphatic rings. The van der Waals surface area contributed by atoms with Crippen LogP contribution in [-0.4, -0.2) is 6.04 Å². The number of benzene rings is 1. The summed E-state index contributed by atoms with van der Waals surface area (Å²) in [6, 6.07) is 9.93. The molecule has 1 aromatic rings. The second kappa shape index (κ2) is 5.68. The van der Waals surface area contributed by atoms with Crippen molar-refractivity contribution < 1.29 is 0 Å². The van der Waals surface area contributed by atoms with Crippen molar-refractivity contribution in [3.05, 3.63) is 35.4 Å². The first-order valence-corrected chi connectivity index (χ1v) is 7.02. The largest absolute Gasteiger partial charge is 0.307 e. The van der Waals surface area contributed by atoms with Gasteiger partial charge in [-0.25, -0.2) is 0 Å². The average Bonchev–Trinajstić information content (AvgIpc) is 2.77. The first-order valence-electron chi connectivity index (χ1n) is 7.02. The van der Waals surface area contributed by atoms with Crippen molar-refractivity contribution in [3.8, 4) is 0 Å². The normalized spacial score (nSPS) is 26.1. The molecule has 0 heterocycles. The molecule has 1 saturated carbocycles. The van der Waals surface area contributed by atoms with Crippen LogP contribution in [0.15, 0.2) is 24.3 Å². The van der Waals surface area contributed by atoms with E-state index in [9.17, 15) is 0 Å². The molecule has 2 rings (SSSR count). The third-order valence-electron chi connectivity index (χ3n) is 4.26. The van der Waals surface area contributed by atoms with Gasteiger partial charge in [0.15, 0.2) is 0 Å². The van der Waals surface area contributed by atoms with Crippen LogP contribution in [0.5, 0.6) is 0 Å². The standard InChI is InChI=1S/C16H25N/c1-4-14-9-10-15(11-14)17-13(3)16-8-6-5-7-12(16)2/h5-8,13-15,17H,4,9-11H2,1-3H3. The zero-order chi connectivity index (χ0) is 12.3. The summed E-state index contributed by atoms with van der Waals surface area (Å²) in [5, 5.41) is 3.80. The minimum absolute atomic E-state index is 0.483. The SMILES string of the molecule is CCC1CCC(NC(C)c2ccccc2C)C1. The second-order valence-corrected chi connectivity index (χ2v) is 5.53. The van der Waals surface area contributed by atoms with Gasteiger partial charge in [0.25, 0.3) is 0 Å². The maximum absolute atomic E-state index is 3.80. The van der Waals surface area contributed by atoms with Crippen molar-refractivity contribution in [2.45, 2.75) is 58.5 Å². The maximum atomic E-state index is 3.80. The fraction of sp³-hybridized carbons (Fsp3) is 0.625. The first kappa shape index (κ1) is 12.6. The number of nitrogens with one attached hydrogen (secondary N) is 1. The van der Waals surface area contributed by atoms with Crippen molar-refractivity contribution in [1.82, 2.24) is 5.32 Å². The van der Waals surface area contributed by atoms with Gasteiger partial charge in [-0.3, -0.25) is 0 Å². The van der Waals surface area contributed by atoms with Gasteiger partial charge >= 0.3 is 0 Å². The van der Waals surface area contributed by atoms with E-state index in [-0.39, 0.29) is 0 Å². The van der Waals surface area contributed by atoms with E-state index in [1.165, 1.54) is 36.8 Å². The molecule has 0 saturated heterocycles.